The van der Waals surface area contributed by atoms with E-state index in [2.05, 4.69) is 0 Å². The smallest absolute Gasteiger partial charge is 0.122 e. The number of hydrogen-bond acceptors (Lipinski definition) is 3. The quantitative estimate of drug-likeness (QED) is 0.849. The Labute approximate surface area is 120 Å². The van der Waals surface area contributed by atoms with E-state index in [9.17, 15) is 5.11 Å². The molecule has 1 unspecified atom stereocenters. The van der Waals surface area contributed by atoms with Crippen LogP contribution in [0.2, 0.25) is 0 Å². The molecule has 0 amide bonds. The Bertz CT molecular complexity index is 542. The van der Waals surface area contributed by atoms with Gasteiger partial charge in [-0.3, -0.25) is 0 Å². The topological polar surface area (TPSA) is 55.5 Å². The zero-order valence-corrected chi connectivity index (χ0v) is 11.8. The molecule has 2 aromatic carbocycles. The molecule has 0 radical (unpaired) electrons. The lowest BCUT2D eigenvalue weighted by molar-refractivity contribution is 0.162. The van der Waals surface area contributed by atoms with Crippen LogP contribution in [0.3, 0.4) is 0 Å². The van der Waals surface area contributed by atoms with Crippen LogP contribution in [0.15, 0.2) is 54.6 Å². The van der Waals surface area contributed by atoms with E-state index in [0.29, 0.717) is 13.0 Å². The second kappa shape index (κ2) is 6.55. The summed E-state index contributed by atoms with van der Waals surface area (Å²) in [5.41, 5.74) is 7.55. The zero-order valence-electron chi connectivity index (χ0n) is 11.8. The summed E-state index contributed by atoms with van der Waals surface area (Å²) in [6, 6.07) is 17.5. The molecule has 0 heterocycles. The largest absolute Gasteiger partial charge is 0.493 e. The summed E-state index contributed by atoms with van der Waals surface area (Å²) >= 11 is 0. The zero-order chi connectivity index (χ0) is 14.4. The molecule has 1 atom stereocenters. The molecular weight excluding hydrogens is 250 g/mol. The summed E-state index contributed by atoms with van der Waals surface area (Å²) in [7, 11) is 0. The summed E-state index contributed by atoms with van der Waals surface area (Å²) in [6.07, 6.45) is 0.557. The Kier molecular flexibility index (Phi) is 4.77. The number of nitrogens with two attached hydrogens (primary N) is 1. The predicted molar refractivity (Wildman–Crippen MR) is 80.7 cm³/mol. The van der Waals surface area contributed by atoms with E-state index >= 15 is 0 Å². The van der Waals surface area contributed by atoms with Crippen LogP contribution >= 0.6 is 0 Å². The molecule has 0 aliphatic carbocycles. The summed E-state index contributed by atoms with van der Waals surface area (Å²) < 4.78 is 5.76. The van der Waals surface area contributed by atoms with Crippen LogP contribution in [0.25, 0.3) is 0 Å². The maximum Gasteiger partial charge on any atom is 0.122 e. The number of hydrogen-bond donors (Lipinski definition) is 2. The first kappa shape index (κ1) is 14.6. The van der Waals surface area contributed by atoms with Gasteiger partial charge in [-0.1, -0.05) is 48.5 Å². The third kappa shape index (κ3) is 3.38. The molecule has 3 N–H and O–H groups in total. The van der Waals surface area contributed by atoms with Gasteiger partial charge in [0.25, 0.3) is 0 Å². The molecule has 0 spiro atoms. The third-order valence-corrected chi connectivity index (χ3v) is 3.53. The Hall–Kier alpha value is -1.84. The van der Waals surface area contributed by atoms with Crippen LogP contribution < -0.4 is 10.5 Å². The maximum absolute atomic E-state index is 9.61. The van der Waals surface area contributed by atoms with Crippen LogP contribution in [0.5, 0.6) is 5.75 Å². The highest BCUT2D eigenvalue weighted by Crippen LogP contribution is 2.23. The van der Waals surface area contributed by atoms with Crippen LogP contribution in [-0.4, -0.2) is 18.3 Å². The van der Waals surface area contributed by atoms with Gasteiger partial charge in [-0.25, -0.2) is 0 Å². The number of para-hydroxylation sites is 1. The van der Waals surface area contributed by atoms with E-state index in [1.165, 1.54) is 0 Å². The summed E-state index contributed by atoms with van der Waals surface area (Å²) in [5.74, 6) is 0.862. The molecule has 0 aromatic heterocycles. The Morgan fingerprint density at radius 2 is 1.70 bits per heavy atom. The van der Waals surface area contributed by atoms with Crippen molar-refractivity contribution in [2.45, 2.75) is 18.9 Å². The SMILES string of the molecule is Cc1ccccc1OCCC(N)(CO)c1ccccc1. The van der Waals surface area contributed by atoms with E-state index in [0.717, 1.165) is 16.9 Å². The Balaban J connectivity index is 2.00. The van der Waals surface area contributed by atoms with Crippen molar-refractivity contribution in [3.63, 3.8) is 0 Å². The molecule has 0 saturated heterocycles. The lowest BCUT2D eigenvalue weighted by atomic mass is 9.89. The standard InChI is InChI=1S/C17H21NO2/c1-14-7-5-6-10-16(14)20-12-11-17(18,13-19)15-8-3-2-4-9-15/h2-10,19H,11-13,18H2,1H3. The highest BCUT2D eigenvalue weighted by atomic mass is 16.5. The number of benzene rings is 2. The number of ether oxygens (including phenoxy) is 1. The van der Waals surface area contributed by atoms with Crippen molar-refractivity contribution in [1.29, 1.82) is 0 Å². The van der Waals surface area contributed by atoms with Crippen molar-refractivity contribution in [3.05, 3.63) is 65.7 Å². The van der Waals surface area contributed by atoms with Crippen molar-refractivity contribution in [3.8, 4) is 5.75 Å². The molecule has 2 rings (SSSR count). The van der Waals surface area contributed by atoms with E-state index in [-0.39, 0.29) is 6.61 Å². The summed E-state index contributed by atoms with van der Waals surface area (Å²) in [4.78, 5) is 0. The van der Waals surface area contributed by atoms with Gasteiger partial charge in [0.2, 0.25) is 0 Å². The number of aliphatic hydroxyl groups excluding tert-OH is 1. The van der Waals surface area contributed by atoms with Gasteiger partial charge < -0.3 is 15.6 Å². The van der Waals surface area contributed by atoms with Gasteiger partial charge in [-0.2, -0.15) is 0 Å². The van der Waals surface area contributed by atoms with Gasteiger partial charge in [-0.15, -0.1) is 0 Å². The van der Waals surface area contributed by atoms with Crippen molar-refractivity contribution in [2.75, 3.05) is 13.2 Å². The third-order valence-electron chi connectivity index (χ3n) is 3.53. The monoisotopic (exact) mass is 271 g/mol. The van der Waals surface area contributed by atoms with Crippen molar-refractivity contribution < 1.29 is 9.84 Å². The molecular formula is C17H21NO2. The Morgan fingerprint density at radius 3 is 2.35 bits per heavy atom. The second-order valence-corrected chi connectivity index (χ2v) is 5.04. The predicted octanol–water partition coefficient (Wildman–Crippen LogP) is 2.61. The molecule has 106 valence electrons. The van der Waals surface area contributed by atoms with E-state index in [1.807, 2.05) is 61.5 Å². The molecule has 3 heteroatoms. The molecule has 0 aliphatic rings. The van der Waals surface area contributed by atoms with Crippen molar-refractivity contribution in [2.24, 2.45) is 5.73 Å². The Morgan fingerprint density at radius 1 is 1.05 bits per heavy atom. The van der Waals surface area contributed by atoms with Crippen LogP contribution in [-0.2, 0) is 5.54 Å². The first-order valence-corrected chi connectivity index (χ1v) is 6.79. The molecule has 20 heavy (non-hydrogen) atoms. The van der Waals surface area contributed by atoms with Crippen LogP contribution in [0.4, 0.5) is 0 Å². The van der Waals surface area contributed by atoms with Crippen LogP contribution in [0.1, 0.15) is 17.5 Å². The molecule has 0 saturated carbocycles. The molecule has 0 fully saturated rings. The van der Waals surface area contributed by atoms with Crippen LogP contribution in [0, 0.1) is 6.92 Å². The normalized spacial score (nSPS) is 13.8. The molecule has 0 aliphatic heterocycles. The number of aliphatic hydroxyl groups is 1. The minimum absolute atomic E-state index is 0.103. The first-order chi connectivity index (χ1) is 9.65. The summed E-state index contributed by atoms with van der Waals surface area (Å²) in [6.45, 7) is 2.37. The fraction of sp³-hybridized carbons (Fsp3) is 0.294. The number of rotatable bonds is 6. The highest BCUT2D eigenvalue weighted by molar-refractivity contribution is 5.31. The molecule has 3 nitrogen and oxygen atoms in total. The van der Waals surface area contributed by atoms with Gasteiger partial charge in [-0.05, 0) is 24.1 Å². The lowest BCUT2D eigenvalue weighted by Crippen LogP contribution is -2.41. The average molecular weight is 271 g/mol. The molecule has 0 bridgehead atoms. The van der Waals surface area contributed by atoms with Gasteiger partial charge in [0, 0.05) is 6.42 Å². The minimum atomic E-state index is -0.760. The average Bonchev–Trinajstić information content (AvgIpc) is 2.50. The second-order valence-electron chi connectivity index (χ2n) is 5.04. The van der Waals surface area contributed by atoms with Crippen molar-refractivity contribution >= 4 is 0 Å². The fourth-order valence-electron chi connectivity index (χ4n) is 2.15. The minimum Gasteiger partial charge on any atom is -0.493 e. The van der Waals surface area contributed by atoms with Gasteiger partial charge >= 0.3 is 0 Å². The lowest BCUT2D eigenvalue weighted by Gasteiger charge is -2.28. The number of aryl methyl sites for hydroxylation is 1. The van der Waals surface area contributed by atoms with E-state index < -0.39 is 5.54 Å². The van der Waals surface area contributed by atoms with E-state index in [1.54, 1.807) is 0 Å². The van der Waals surface area contributed by atoms with Gasteiger partial charge in [0.05, 0.1) is 18.8 Å². The van der Waals surface area contributed by atoms with Crippen molar-refractivity contribution in [1.82, 2.24) is 0 Å². The summed E-state index contributed by atoms with van der Waals surface area (Å²) in [5, 5.41) is 9.61. The van der Waals surface area contributed by atoms with E-state index in [4.69, 9.17) is 10.5 Å². The fourth-order valence-corrected chi connectivity index (χ4v) is 2.15. The van der Waals surface area contributed by atoms with Gasteiger partial charge in [0.15, 0.2) is 0 Å². The highest BCUT2D eigenvalue weighted by Gasteiger charge is 2.26. The maximum atomic E-state index is 9.61. The van der Waals surface area contributed by atoms with Gasteiger partial charge in [0.1, 0.15) is 5.75 Å². The molecule has 2 aromatic rings. The first-order valence-electron chi connectivity index (χ1n) is 6.79.